The fourth-order valence-electron chi connectivity index (χ4n) is 2.50. The SMILES string of the molecule is CC(C)N1CCCC(NCCC(C)S(C)=O)CC1. The molecule has 3 nitrogen and oxygen atoms in total. The van der Waals surface area contributed by atoms with Gasteiger partial charge in [-0.1, -0.05) is 6.92 Å². The monoisotopic (exact) mass is 274 g/mol. The summed E-state index contributed by atoms with van der Waals surface area (Å²) in [7, 11) is -0.680. The van der Waals surface area contributed by atoms with Gasteiger partial charge in [0.2, 0.25) is 0 Å². The van der Waals surface area contributed by atoms with Crippen molar-refractivity contribution in [2.24, 2.45) is 0 Å². The topological polar surface area (TPSA) is 32.3 Å². The van der Waals surface area contributed by atoms with Crippen LogP contribution in [0.4, 0.5) is 0 Å². The van der Waals surface area contributed by atoms with Crippen molar-refractivity contribution in [3.05, 3.63) is 0 Å². The highest BCUT2D eigenvalue weighted by atomic mass is 32.2. The van der Waals surface area contributed by atoms with E-state index in [9.17, 15) is 4.21 Å². The number of likely N-dealkylation sites (tertiary alicyclic amines) is 1. The number of hydrogen-bond acceptors (Lipinski definition) is 3. The van der Waals surface area contributed by atoms with Gasteiger partial charge in [-0.2, -0.15) is 0 Å². The molecule has 0 aliphatic carbocycles. The molecule has 0 saturated carbocycles. The smallest absolute Gasteiger partial charge is 0.0329 e. The Bertz CT molecular complexity index is 258. The Labute approximate surface area is 115 Å². The fraction of sp³-hybridized carbons (Fsp3) is 1.00. The van der Waals surface area contributed by atoms with E-state index in [1.807, 2.05) is 0 Å². The zero-order valence-corrected chi connectivity index (χ0v) is 13.3. The first-order valence-corrected chi connectivity index (χ1v) is 8.92. The first-order valence-electron chi connectivity index (χ1n) is 7.30. The lowest BCUT2D eigenvalue weighted by Gasteiger charge is -2.24. The second kappa shape index (κ2) is 8.28. The van der Waals surface area contributed by atoms with Gasteiger partial charge >= 0.3 is 0 Å². The van der Waals surface area contributed by atoms with E-state index < -0.39 is 10.8 Å². The highest BCUT2D eigenvalue weighted by Gasteiger charge is 2.18. The summed E-state index contributed by atoms with van der Waals surface area (Å²) in [6.07, 6.45) is 6.66. The molecule has 3 unspecified atom stereocenters. The maximum absolute atomic E-state index is 11.3. The molecular formula is C14H30N2OS. The van der Waals surface area contributed by atoms with Crippen LogP contribution in [0.25, 0.3) is 0 Å². The molecule has 0 spiro atoms. The van der Waals surface area contributed by atoms with Crippen LogP contribution in [0.3, 0.4) is 0 Å². The maximum Gasteiger partial charge on any atom is 0.0329 e. The quantitative estimate of drug-likeness (QED) is 0.804. The predicted molar refractivity (Wildman–Crippen MR) is 80.5 cm³/mol. The molecule has 4 heteroatoms. The minimum absolute atomic E-state index is 0.315. The minimum Gasteiger partial charge on any atom is -0.314 e. The maximum atomic E-state index is 11.3. The van der Waals surface area contributed by atoms with Crippen LogP contribution < -0.4 is 5.32 Å². The van der Waals surface area contributed by atoms with Crippen LogP contribution in [0.5, 0.6) is 0 Å². The second-order valence-corrected chi connectivity index (χ2v) is 7.61. The predicted octanol–water partition coefficient (Wildman–Crippen LogP) is 2.00. The van der Waals surface area contributed by atoms with Gasteiger partial charge in [0.05, 0.1) is 0 Å². The van der Waals surface area contributed by atoms with Gasteiger partial charge in [0.15, 0.2) is 0 Å². The third-order valence-corrected chi connectivity index (χ3v) is 5.41. The lowest BCUT2D eigenvalue weighted by atomic mass is 10.1. The molecule has 3 atom stereocenters. The Kier molecular flexibility index (Phi) is 7.42. The van der Waals surface area contributed by atoms with Gasteiger partial charge in [-0.3, -0.25) is 4.21 Å². The molecule has 1 aliphatic heterocycles. The molecule has 0 amide bonds. The third kappa shape index (κ3) is 5.81. The Morgan fingerprint density at radius 3 is 2.61 bits per heavy atom. The number of nitrogens with zero attached hydrogens (tertiary/aromatic N) is 1. The molecule has 1 aliphatic rings. The van der Waals surface area contributed by atoms with E-state index in [4.69, 9.17) is 0 Å². The van der Waals surface area contributed by atoms with E-state index in [0.717, 1.165) is 13.0 Å². The van der Waals surface area contributed by atoms with E-state index in [-0.39, 0.29) is 0 Å². The molecule has 0 aromatic rings. The van der Waals surface area contributed by atoms with E-state index >= 15 is 0 Å². The van der Waals surface area contributed by atoms with Crippen LogP contribution in [-0.2, 0) is 10.8 Å². The molecule has 1 heterocycles. The highest BCUT2D eigenvalue weighted by molar-refractivity contribution is 7.84. The van der Waals surface area contributed by atoms with E-state index in [1.165, 1.54) is 32.4 Å². The third-order valence-electron chi connectivity index (χ3n) is 4.04. The Balaban J connectivity index is 2.21. The average molecular weight is 274 g/mol. The average Bonchev–Trinajstić information content (AvgIpc) is 2.54. The normalized spacial score (nSPS) is 25.9. The molecule has 0 aromatic heterocycles. The lowest BCUT2D eigenvalue weighted by Crippen LogP contribution is -2.35. The molecule has 0 radical (unpaired) electrons. The van der Waals surface area contributed by atoms with Crippen molar-refractivity contribution in [2.45, 2.75) is 63.8 Å². The summed E-state index contributed by atoms with van der Waals surface area (Å²) < 4.78 is 11.3. The molecular weight excluding hydrogens is 244 g/mol. The van der Waals surface area contributed by atoms with Gasteiger partial charge in [-0.05, 0) is 59.2 Å². The van der Waals surface area contributed by atoms with Crippen molar-refractivity contribution < 1.29 is 4.21 Å². The van der Waals surface area contributed by atoms with Crippen LogP contribution >= 0.6 is 0 Å². The minimum atomic E-state index is -0.680. The van der Waals surface area contributed by atoms with Gasteiger partial charge in [0.25, 0.3) is 0 Å². The molecule has 1 N–H and O–H groups in total. The first-order chi connectivity index (χ1) is 8.50. The zero-order valence-electron chi connectivity index (χ0n) is 12.4. The van der Waals surface area contributed by atoms with Crippen molar-refractivity contribution in [1.29, 1.82) is 0 Å². The first kappa shape index (κ1) is 16.1. The number of rotatable bonds is 6. The van der Waals surface area contributed by atoms with Gasteiger partial charge in [-0.25, -0.2) is 0 Å². The van der Waals surface area contributed by atoms with Gasteiger partial charge in [0, 0.05) is 34.4 Å². The molecule has 0 aromatic carbocycles. The molecule has 0 bridgehead atoms. The molecule has 1 fully saturated rings. The van der Waals surface area contributed by atoms with E-state index in [1.54, 1.807) is 6.26 Å². The van der Waals surface area contributed by atoms with Crippen molar-refractivity contribution in [1.82, 2.24) is 10.2 Å². The Morgan fingerprint density at radius 1 is 1.28 bits per heavy atom. The number of hydrogen-bond donors (Lipinski definition) is 1. The van der Waals surface area contributed by atoms with E-state index in [2.05, 4.69) is 31.0 Å². The van der Waals surface area contributed by atoms with Crippen molar-refractivity contribution >= 4 is 10.8 Å². The Hall–Kier alpha value is 0.0700. The van der Waals surface area contributed by atoms with Crippen molar-refractivity contribution in [2.75, 3.05) is 25.9 Å². The summed E-state index contributed by atoms with van der Waals surface area (Å²) in [5.74, 6) is 0. The van der Waals surface area contributed by atoms with E-state index in [0.29, 0.717) is 17.3 Å². The number of nitrogens with one attached hydrogen (secondary N) is 1. The molecule has 1 saturated heterocycles. The molecule has 18 heavy (non-hydrogen) atoms. The van der Waals surface area contributed by atoms with Gasteiger partial charge < -0.3 is 10.2 Å². The largest absolute Gasteiger partial charge is 0.314 e. The second-order valence-electron chi connectivity index (χ2n) is 5.81. The van der Waals surface area contributed by atoms with Gasteiger partial charge in [0.1, 0.15) is 0 Å². The van der Waals surface area contributed by atoms with Crippen LogP contribution in [0.2, 0.25) is 0 Å². The zero-order chi connectivity index (χ0) is 13.5. The van der Waals surface area contributed by atoms with Crippen LogP contribution in [0, 0.1) is 0 Å². The Morgan fingerprint density at radius 2 is 2.00 bits per heavy atom. The molecule has 1 rings (SSSR count). The van der Waals surface area contributed by atoms with Gasteiger partial charge in [-0.15, -0.1) is 0 Å². The van der Waals surface area contributed by atoms with Crippen molar-refractivity contribution in [3.63, 3.8) is 0 Å². The van der Waals surface area contributed by atoms with Crippen molar-refractivity contribution in [3.8, 4) is 0 Å². The summed E-state index contributed by atoms with van der Waals surface area (Å²) in [5.41, 5.74) is 0. The summed E-state index contributed by atoms with van der Waals surface area (Å²) in [6, 6.07) is 1.33. The van der Waals surface area contributed by atoms with Crippen LogP contribution in [-0.4, -0.2) is 52.3 Å². The summed E-state index contributed by atoms with van der Waals surface area (Å²) in [6.45, 7) is 10.1. The summed E-state index contributed by atoms with van der Waals surface area (Å²) >= 11 is 0. The standard InChI is InChI=1S/C14H30N2OS/c1-12(2)16-10-5-6-14(8-11-16)15-9-7-13(3)18(4)17/h12-15H,5-11H2,1-4H3. The highest BCUT2D eigenvalue weighted by Crippen LogP contribution is 2.13. The summed E-state index contributed by atoms with van der Waals surface area (Å²) in [4.78, 5) is 2.57. The molecule has 108 valence electrons. The fourth-order valence-corrected chi connectivity index (χ4v) is 2.95. The van der Waals surface area contributed by atoms with Crippen LogP contribution in [0.1, 0.15) is 46.5 Å². The summed E-state index contributed by atoms with van der Waals surface area (Å²) in [5, 5.41) is 3.96. The lowest BCUT2D eigenvalue weighted by molar-refractivity contribution is 0.229. The van der Waals surface area contributed by atoms with Crippen LogP contribution in [0.15, 0.2) is 0 Å².